The molecule has 1 aliphatic heterocycles. The first-order valence-electron chi connectivity index (χ1n) is 12.5. The molecule has 4 nitrogen and oxygen atoms in total. The normalized spacial score (nSPS) is 14.4. The Morgan fingerprint density at radius 1 is 1.03 bits per heavy atom. The lowest BCUT2D eigenvalue weighted by molar-refractivity contribution is -0.137. The van der Waals surface area contributed by atoms with Crippen molar-refractivity contribution in [2.24, 2.45) is 5.92 Å². The molecule has 4 aromatic rings. The first kappa shape index (κ1) is 27.0. The Labute approximate surface area is 227 Å². The Balaban J connectivity index is 1.34. The molecule has 1 saturated heterocycles. The predicted molar refractivity (Wildman–Crippen MR) is 146 cm³/mol. The molecule has 0 amide bonds. The third kappa shape index (κ3) is 6.04. The van der Waals surface area contributed by atoms with E-state index in [0.717, 1.165) is 32.1 Å². The number of hydrogen-bond acceptors (Lipinski definition) is 5. The summed E-state index contributed by atoms with van der Waals surface area (Å²) in [6.45, 7) is 6.73. The molecule has 1 aliphatic rings. The summed E-state index contributed by atoms with van der Waals surface area (Å²) in [4.78, 5) is 2.64. The average Bonchev–Trinajstić information content (AvgIpc) is 3.24. The molecule has 0 aliphatic carbocycles. The van der Waals surface area contributed by atoms with E-state index in [9.17, 15) is 22.7 Å². The maximum absolute atomic E-state index is 13.7. The molecule has 2 heterocycles. The van der Waals surface area contributed by atoms with Crippen LogP contribution in [0.25, 0.3) is 15.7 Å². The summed E-state index contributed by atoms with van der Waals surface area (Å²) in [6.07, 6.45) is -3.72. The lowest BCUT2D eigenvalue weighted by Gasteiger charge is -2.37. The van der Waals surface area contributed by atoms with Crippen molar-refractivity contribution in [3.63, 3.8) is 0 Å². The minimum atomic E-state index is -4.54. The SMILES string of the molecule is C=C(c1ccccc1C(F)(F)F)c1sc2cc(O)ccc2c1Oc1ccc(OCCCN2CC(CF)C2)cc1. The molecule has 3 aromatic carbocycles. The van der Waals surface area contributed by atoms with E-state index in [-0.39, 0.29) is 29.5 Å². The number of fused-ring (bicyclic) bond motifs is 1. The van der Waals surface area contributed by atoms with Crippen LogP contribution in [0.1, 0.15) is 22.4 Å². The maximum Gasteiger partial charge on any atom is 0.417 e. The van der Waals surface area contributed by atoms with Crippen LogP contribution in [0.2, 0.25) is 0 Å². The van der Waals surface area contributed by atoms with Gasteiger partial charge in [0.15, 0.2) is 5.75 Å². The zero-order chi connectivity index (χ0) is 27.6. The van der Waals surface area contributed by atoms with Crippen molar-refractivity contribution < 1.29 is 32.1 Å². The number of ether oxygens (including phenoxy) is 2. The fourth-order valence-electron chi connectivity index (χ4n) is 4.63. The first-order valence-corrected chi connectivity index (χ1v) is 13.3. The van der Waals surface area contributed by atoms with E-state index >= 15 is 0 Å². The Kier molecular flexibility index (Phi) is 7.81. The van der Waals surface area contributed by atoms with Gasteiger partial charge in [0.1, 0.15) is 17.2 Å². The Hall–Kier alpha value is -3.56. The average molecular weight is 558 g/mol. The van der Waals surface area contributed by atoms with Gasteiger partial charge in [-0.1, -0.05) is 24.8 Å². The second-order valence-corrected chi connectivity index (χ2v) is 10.6. The highest BCUT2D eigenvalue weighted by molar-refractivity contribution is 7.20. The van der Waals surface area contributed by atoms with Gasteiger partial charge in [0, 0.05) is 35.6 Å². The third-order valence-corrected chi connectivity index (χ3v) is 7.84. The van der Waals surface area contributed by atoms with Gasteiger partial charge in [-0.05, 0) is 66.1 Å². The van der Waals surface area contributed by atoms with Gasteiger partial charge in [0.05, 0.1) is 23.7 Å². The van der Waals surface area contributed by atoms with Crippen LogP contribution < -0.4 is 9.47 Å². The Morgan fingerprint density at radius 3 is 2.46 bits per heavy atom. The largest absolute Gasteiger partial charge is 0.508 e. The van der Waals surface area contributed by atoms with Crippen molar-refractivity contribution in [1.29, 1.82) is 0 Å². The molecule has 0 spiro atoms. The number of thiophene rings is 1. The van der Waals surface area contributed by atoms with Crippen LogP contribution >= 0.6 is 11.3 Å². The highest BCUT2D eigenvalue weighted by atomic mass is 32.1. The highest BCUT2D eigenvalue weighted by Crippen LogP contribution is 2.47. The van der Waals surface area contributed by atoms with Crippen LogP contribution in [0, 0.1) is 5.92 Å². The summed E-state index contributed by atoms with van der Waals surface area (Å²) in [6, 6.07) is 17.0. The van der Waals surface area contributed by atoms with Gasteiger partial charge in [-0.3, -0.25) is 4.39 Å². The third-order valence-electron chi connectivity index (χ3n) is 6.64. The summed E-state index contributed by atoms with van der Waals surface area (Å²) >= 11 is 1.21. The minimum Gasteiger partial charge on any atom is -0.508 e. The molecule has 39 heavy (non-hydrogen) atoms. The van der Waals surface area contributed by atoms with E-state index in [1.165, 1.54) is 29.5 Å². The smallest absolute Gasteiger partial charge is 0.417 e. The fourth-order valence-corrected chi connectivity index (χ4v) is 5.78. The van der Waals surface area contributed by atoms with Crippen LogP contribution in [0.3, 0.4) is 0 Å². The number of nitrogens with zero attached hydrogens (tertiary/aromatic N) is 1. The lowest BCUT2D eigenvalue weighted by Crippen LogP contribution is -2.48. The van der Waals surface area contributed by atoms with Gasteiger partial charge in [-0.25, -0.2) is 0 Å². The zero-order valence-electron chi connectivity index (χ0n) is 21.0. The van der Waals surface area contributed by atoms with E-state index < -0.39 is 11.7 Å². The van der Waals surface area contributed by atoms with Gasteiger partial charge >= 0.3 is 6.18 Å². The van der Waals surface area contributed by atoms with E-state index in [4.69, 9.17) is 9.47 Å². The van der Waals surface area contributed by atoms with Crippen molar-refractivity contribution in [3.8, 4) is 23.0 Å². The van der Waals surface area contributed by atoms with E-state index in [2.05, 4.69) is 11.5 Å². The number of alkyl halides is 4. The monoisotopic (exact) mass is 557 g/mol. The zero-order valence-corrected chi connectivity index (χ0v) is 21.8. The number of hydrogen-bond donors (Lipinski definition) is 1. The molecular weight excluding hydrogens is 530 g/mol. The number of halogens is 4. The van der Waals surface area contributed by atoms with Crippen LogP contribution in [-0.2, 0) is 6.18 Å². The van der Waals surface area contributed by atoms with Gasteiger partial charge in [-0.2, -0.15) is 13.2 Å². The van der Waals surface area contributed by atoms with Crippen molar-refractivity contribution in [2.75, 3.05) is 32.9 Å². The minimum absolute atomic E-state index is 0.0344. The van der Waals surface area contributed by atoms with Gasteiger partial charge in [0.25, 0.3) is 0 Å². The molecule has 0 saturated carbocycles. The Morgan fingerprint density at radius 2 is 1.74 bits per heavy atom. The van der Waals surface area contributed by atoms with Gasteiger partial charge in [0.2, 0.25) is 0 Å². The molecule has 1 aromatic heterocycles. The number of benzene rings is 3. The molecule has 0 radical (unpaired) electrons. The summed E-state index contributed by atoms with van der Waals surface area (Å²) in [5, 5.41) is 10.6. The molecule has 0 bridgehead atoms. The number of likely N-dealkylation sites (tertiary alicyclic amines) is 1. The van der Waals surface area contributed by atoms with Gasteiger partial charge < -0.3 is 19.5 Å². The summed E-state index contributed by atoms with van der Waals surface area (Å²) < 4.78 is 66.5. The van der Waals surface area contributed by atoms with Crippen LogP contribution in [-0.4, -0.2) is 42.9 Å². The van der Waals surface area contributed by atoms with Crippen molar-refractivity contribution in [2.45, 2.75) is 12.6 Å². The molecule has 9 heteroatoms. The quantitative estimate of drug-likeness (QED) is 0.158. The first-order chi connectivity index (χ1) is 18.7. The number of phenolic OH excluding ortho intramolecular Hbond substituents is 1. The van der Waals surface area contributed by atoms with Crippen LogP contribution in [0.4, 0.5) is 17.6 Å². The molecule has 1 fully saturated rings. The molecule has 204 valence electrons. The lowest BCUT2D eigenvalue weighted by atomic mass is 9.98. The molecule has 5 rings (SSSR count). The van der Waals surface area contributed by atoms with Crippen LogP contribution in [0.5, 0.6) is 23.0 Å². The van der Waals surface area contributed by atoms with Crippen LogP contribution in [0.15, 0.2) is 73.3 Å². The molecule has 0 atom stereocenters. The Bertz CT molecular complexity index is 1460. The van der Waals surface area contributed by atoms with E-state index in [1.807, 2.05) is 0 Å². The predicted octanol–water partition coefficient (Wildman–Crippen LogP) is 8.15. The molecule has 1 N–H and O–H groups in total. The summed E-state index contributed by atoms with van der Waals surface area (Å²) in [7, 11) is 0. The fraction of sp³-hybridized carbons (Fsp3) is 0.267. The van der Waals surface area contributed by atoms with E-state index in [0.29, 0.717) is 38.8 Å². The second-order valence-electron chi connectivity index (χ2n) is 9.52. The molecular formula is C30H27F4NO3S. The van der Waals surface area contributed by atoms with Gasteiger partial charge in [-0.15, -0.1) is 11.3 Å². The summed E-state index contributed by atoms with van der Waals surface area (Å²) in [5.74, 6) is 1.72. The highest BCUT2D eigenvalue weighted by Gasteiger charge is 2.34. The molecule has 0 unspecified atom stereocenters. The summed E-state index contributed by atoms with van der Waals surface area (Å²) in [5.41, 5.74) is -0.634. The topological polar surface area (TPSA) is 41.9 Å². The van der Waals surface area contributed by atoms with Crippen molar-refractivity contribution in [1.82, 2.24) is 4.90 Å². The maximum atomic E-state index is 13.7. The number of aromatic hydroxyl groups is 1. The van der Waals surface area contributed by atoms with Crippen molar-refractivity contribution >= 4 is 27.0 Å². The number of phenols is 1. The van der Waals surface area contributed by atoms with E-state index in [1.54, 1.807) is 42.5 Å². The standard InChI is InChI=1S/C30H27F4NO3S/c1-19(24-5-2-3-6-26(24)30(32,33)34)29-28(25-12-7-21(36)15-27(25)39-29)38-23-10-8-22(9-11-23)37-14-4-13-35-17-20(16-31)18-35/h2-3,5-12,15,20,36H,1,4,13-14,16-18H2. The second kappa shape index (κ2) is 11.3. The number of rotatable bonds is 10. The van der Waals surface area contributed by atoms with Crippen molar-refractivity contribution in [3.05, 3.63) is 89.3 Å².